The zero-order valence-corrected chi connectivity index (χ0v) is 34.2. The van der Waals surface area contributed by atoms with E-state index in [1.54, 1.807) is 54.2 Å². The Morgan fingerprint density at radius 2 is 1.28 bits per heavy atom. The summed E-state index contributed by atoms with van der Waals surface area (Å²) in [5, 5.41) is 31.7. The van der Waals surface area contributed by atoms with Gasteiger partial charge in [0, 0.05) is 97.0 Å². The molecule has 60 heavy (non-hydrogen) atoms. The number of carbonyl (C=O) groups is 2. The predicted molar refractivity (Wildman–Crippen MR) is 234 cm³/mol. The number of hydrogen-bond donors (Lipinski definition) is 4. The molecule has 1 atom stereocenters. The number of azo groups is 2. The molecule has 0 saturated carbocycles. The SMILES string of the molecule is CN(CCCN1C=CN(C)C1N=Nc1cc(O)c(N)c2ccccc12)C(=O)c1ccc(C(=O)N(C)CCCn2cc[n+](C)c2N=Nc2cc(N)c(N)c3ccccc23)cc1. The minimum absolute atomic E-state index is 0.0413. The van der Waals surface area contributed by atoms with Crippen LogP contribution in [0.15, 0.2) is 130 Å². The van der Waals surface area contributed by atoms with E-state index in [1.807, 2.05) is 106 Å². The first-order valence-corrected chi connectivity index (χ1v) is 19.6. The number of imidazole rings is 1. The van der Waals surface area contributed by atoms with Crippen LogP contribution in [0.3, 0.4) is 0 Å². The molecule has 7 N–H and O–H groups in total. The molecule has 1 aliphatic rings. The monoisotopic (exact) mass is 808 g/mol. The van der Waals surface area contributed by atoms with Crippen molar-refractivity contribution in [3.8, 4) is 5.75 Å². The molecule has 0 saturated heterocycles. The average Bonchev–Trinajstić information content (AvgIpc) is 3.80. The summed E-state index contributed by atoms with van der Waals surface area (Å²) >= 11 is 0. The normalized spacial score (nSPS) is 14.0. The van der Waals surface area contributed by atoms with E-state index < -0.39 is 0 Å². The van der Waals surface area contributed by atoms with Crippen LogP contribution in [0, 0.1) is 0 Å². The number of phenols is 1. The van der Waals surface area contributed by atoms with Gasteiger partial charge in [-0.3, -0.25) is 9.59 Å². The summed E-state index contributed by atoms with van der Waals surface area (Å²) < 4.78 is 3.87. The van der Waals surface area contributed by atoms with Crippen molar-refractivity contribution in [1.82, 2.24) is 24.2 Å². The summed E-state index contributed by atoms with van der Waals surface area (Å²) in [4.78, 5) is 34.0. The van der Waals surface area contributed by atoms with E-state index in [4.69, 9.17) is 17.2 Å². The molecule has 0 spiro atoms. The van der Waals surface area contributed by atoms with Crippen LogP contribution >= 0.6 is 0 Å². The molecule has 0 radical (unpaired) electrons. The summed E-state index contributed by atoms with van der Waals surface area (Å²) in [5.74, 6) is 0.334. The maximum atomic E-state index is 13.3. The van der Waals surface area contributed by atoms with Crippen molar-refractivity contribution in [2.45, 2.75) is 25.7 Å². The maximum absolute atomic E-state index is 13.3. The number of carbonyl (C=O) groups excluding carboxylic acids is 2. The molecule has 308 valence electrons. The number of aromatic nitrogens is 2. The van der Waals surface area contributed by atoms with E-state index in [1.165, 1.54) is 6.07 Å². The molecule has 2 amide bonds. The Labute approximate surface area is 348 Å². The van der Waals surface area contributed by atoms with Gasteiger partial charge >= 0.3 is 5.95 Å². The molecular formula is C44H50N13O3+. The number of aromatic hydroxyl groups is 1. The summed E-state index contributed by atoms with van der Waals surface area (Å²) in [6, 6.07) is 25.2. The number of amides is 2. The van der Waals surface area contributed by atoms with Gasteiger partial charge in [-0.25, -0.2) is 9.13 Å². The fourth-order valence-corrected chi connectivity index (χ4v) is 7.25. The highest BCUT2D eigenvalue weighted by Crippen LogP contribution is 2.38. The Kier molecular flexibility index (Phi) is 11.9. The molecule has 0 aliphatic carbocycles. The van der Waals surface area contributed by atoms with Crippen molar-refractivity contribution in [2.24, 2.45) is 27.5 Å². The molecule has 1 unspecified atom stereocenters. The van der Waals surface area contributed by atoms with E-state index in [2.05, 4.69) is 20.5 Å². The van der Waals surface area contributed by atoms with Crippen molar-refractivity contribution in [3.63, 3.8) is 0 Å². The first-order valence-electron chi connectivity index (χ1n) is 19.6. The van der Waals surface area contributed by atoms with Crippen molar-refractivity contribution in [1.29, 1.82) is 0 Å². The van der Waals surface area contributed by atoms with Gasteiger partial charge in [0.15, 0.2) is 0 Å². The van der Waals surface area contributed by atoms with Gasteiger partial charge in [-0.15, -0.1) is 5.11 Å². The van der Waals surface area contributed by atoms with Crippen molar-refractivity contribution in [3.05, 3.63) is 121 Å². The fraction of sp³-hybridized carbons (Fsp3) is 0.250. The molecule has 0 fully saturated rings. The van der Waals surface area contributed by atoms with E-state index in [0.717, 1.165) is 16.2 Å². The van der Waals surface area contributed by atoms with Crippen LogP contribution in [0.1, 0.15) is 33.6 Å². The molecule has 2 heterocycles. The lowest BCUT2D eigenvalue weighted by Gasteiger charge is -2.27. The molecule has 0 bridgehead atoms. The van der Waals surface area contributed by atoms with E-state index in [0.29, 0.717) is 89.9 Å². The van der Waals surface area contributed by atoms with E-state index in [-0.39, 0.29) is 23.9 Å². The Balaban J connectivity index is 0.890. The standard InChI is InChI=1S/C44H49N13O3/c1-52(19-9-21-56-25-23-54(3)43(56)50-48-36-27-35(45)39(46)33-13-7-5-11-31(33)36)41(59)29-15-17-30(18-16-29)42(60)53(2)20-10-22-57-26-24-55(4)44(57)51-49-37-28-38(58)40(47)34-14-8-6-12-32(34)37/h5-8,11-18,23-28,44H,9-10,19-22H2,1-4H3,(H6,45,46,47,48,49,51,58,59,60)/p+1. The quantitative estimate of drug-likeness (QED) is 0.0394. The number of aryl methyl sites for hydroxylation is 2. The lowest BCUT2D eigenvalue weighted by Crippen LogP contribution is -2.36. The molecule has 6 aromatic rings. The van der Waals surface area contributed by atoms with Gasteiger partial charge in [0.1, 0.15) is 11.4 Å². The summed E-state index contributed by atoms with van der Waals surface area (Å²) in [7, 11) is 7.35. The smallest absolute Gasteiger partial charge is 0.421 e. The van der Waals surface area contributed by atoms with Crippen LogP contribution in [0.25, 0.3) is 21.5 Å². The molecule has 16 nitrogen and oxygen atoms in total. The molecule has 5 aromatic carbocycles. The van der Waals surface area contributed by atoms with Crippen LogP contribution in [0.5, 0.6) is 5.75 Å². The van der Waals surface area contributed by atoms with Crippen LogP contribution in [0.2, 0.25) is 0 Å². The van der Waals surface area contributed by atoms with E-state index >= 15 is 0 Å². The van der Waals surface area contributed by atoms with Gasteiger partial charge in [0.05, 0.1) is 48.7 Å². The number of nitrogen functional groups attached to an aromatic ring is 3. The van der Waals surface area contributed by atoms with Gasteiger partial charge < -0.3 is 41.9 Å². The minimum atomic E-state index is -0.387. The van der Waals surface area contributed by atoms with Gasteiger partial charge in [0.25, 0.3) is 11.8 Å². The predicted octanol–water partition coefficient (Wildman–Crippen LogP) is 6.90. The third kappa shape index (κ3) is 8.53. The Bertz CT molecular complexity index is 2640. The lowest BCUT2D eigenvalue weighted by atomic mass is 10.1. The second-order valence-corrected chi connectivity index (χ2v) is 14.9. The lowest BCUT2D eigenvalue weighted by molar-refractivity contribution is -0.657. The van der Waals surface area contributed by atoms with Crippen LogP contribution in [0.4, 0.5) is 34.4 Å². The largest absolute Gasteiger partial charge is 0.506 e. The first-order chi connectivity index (χ1) is 28.9. The Morgan fingerprint density at radius 1 is 0.733 bits per heavy atom. The number of nitrogens with zero attached hydrogens (tertiary/aromatic N) is 10. The first kappa shape index (κ1) is 40.7. The summed E-state index contributed by atoms with van der Waals surface area (Å²) in [5.41, 5.74) is 21.9. The van der Waals surface area contributed by atoms with Gasteiger partial charge in [-0.1, -0.05) is 53.6 Å². The molecule has 1 aliphatic heterocycles. The molecular weight excluding hydrogens is 759 g/mol. The zero-order chi connectivity index (χ0) is 42.5. The van der Waals surface area contributed by atoms with Gasteiger partial charge in [0.2, 0.25) is 6.29 Å². The van der Waals surface area contributed by atoms with Crippen molar-refractivity contribution < 1.29 is 19.3 Å². The number of rotatable bonds is 14. The van der Waals surface area contributed by atoms with Crippen LogP contribution in [-0.2, 0) is 13.6 Å². The average molecular weight is 809 g/mol. The third-order valence-electron chi connectivity index (χ3n) is 10.7. The molecule has 16 heteroatoms. The third-order valence-corrected chi connectivity index (χ3v) is 10.7. The number of anilines is 3. The fourth-order valence-electron chi connectivity index (χ4n) is 7.25. The van der Waals surface area contributed by atoms with Crippen LogP contribution < -0.4 is 21.8 Å². The second kappa shape index (κ2) is 17.6. The molecule has 7 rings (SSSR count). The van der Waals surface area contributed by atoms with E-state index in [9.17, 15) is 14.7 Å². The Morgan fingerprint density at radius 3 is 1.90 bits per heavy atom. The summed E-state index contributed by atoms with van der Waals surface area (Å²) in [6.45, 7) is 2.25. The highest BCUT2D eigenvalue weighted by atomic mass is 16.3. The number of fused-ring (bicyclic) bond motifs is 2. The maximum Gasteiger partial charge on any atom is 0.421 e. The number of nitrogens with two attached hydrogens (primary N) is 3. The second-order valence-electron chi connectivity index (χ2n) is 14.9. The van der Waals surface area contributed by atoms with Gasteiger partial charge in [-0.2, -0.15) is 5.11 Å². The van der Waals surface area contributed by atoms with Crippen molar-refractivity contribution in [2.75, 3.05) is 58.0 Å². The van der Waals surface area contributed by atoms with Gasteiger partial charge in [-0.05, 0) is 43.2 Å². The number of benzene rings is 5. The Hall–Kier alpha value is -7.49. The molecule has 1 aromatic heterocycles. The number of hydrogen-bond acceptors (Lipinski definition) is 12. The zero-order valence-electron chi connectivity index (χ0n) is 34.2. The number of phenolic OH excluding ortho intramolecular Hbond substituents is 1. The highest BCUT2D eigenvalue weighted by Gasteiger charge is 2.24. The van der Waals surface area contributed by atoms with Crippen LogP contribution in [-0.4, -0.2) is 88.2 Å². The minimum Gasteiger partial charge on any atom is -0.506 e. The summed E-state index contributed by atoms with van der Waals surface area (Å²) in [6.07, 6.45) is 8.68. The van der Waals surface area contributed by atoms with Crippen molar-refractivity contribution >= 4 is 67.7 Å². The highest BCUT2D eigenvalue weighted by molar-refractivity contribution is 6.05. The topological polar surface area (TPSA) is 204 Å².